The molecule has 264 valence electrons. The van der Waals surface area contributed by atoms with Crippen molar-refractivity contribution in [2.75, 3.05) is 6.61 Å². The minimum atomic E-state index is -0.864. The first kappa shape index (κ1) is 43.6. The van der Waals surface area contributed by atoms with Crippen LogP contribution in [0.15, 0.2) is 36.5 Å². The highest BCUT2D eigenvalue weighted by Gasteiger charge is 2.17. The summed E-state index contributed by atoms with van der Waals surface area (Å²) in [6.07, 6.45) is 48.3. The van der Waals surface area contributed by atoms with Crippen molar-refractivity contribution in [1.29, 1.82) is 0 Å². The van der Waals surface area contributed by atoms with Gasteiger partial charge in [0.1, 0.15) is 0 Å². The smallest absolute Gasteiger partial charge is 0.220 e. The molecule has 2 unspecified atom stereocenters. The van der Waals surface area contributed by atoms with Crippen molar-refractivity contribution in [3.05, 3.63) is 36.5 Å². The SMILES string of the molecule is CC/C=C/CC/C=C/CC/C=C/C(O)C(CO)NC(=O)CCCCCCCCCCCCCCCCCCCCCCCCC. The number of rotatable bonds is 35. The van der Waals surface area contributed by atoms with Crippen LogP contribution in [-0.2, 0) is 4.79 Å². The van der Waals surface area contributed by atoms with E-state index in [9.17, 15) is 15.0 Å². The number of nitrogens with one attached hydrogen (secondary N) is 1. The van der Waals surface area contributed by atoms with Gasteiger partial charge in [-0.1, -0.05) is 192 Å². The predicted octanol–water partition coefficient (Wildman–Crippen LogP) is 11.8. The predicted molar refractivity (Wildman–Crippen MR) is 198 cm³/mol. The lowest BCUT2D eigenvalue weighted by Gasteiger charge is -2.19. The van der Waals surface area contributed by atoms with Crippen LogP contribution in [0.5, 0.6) is 0 Å². The highest BCUT2D eigenvalue weighted by molar-refractivity contribution is 5.76. The average Bonchev–Trinajstić information content (AvgIpc) is 3.04. The number of carbonyl (C=O) groups is 1. The molecule has 0 radical (unpaired) electrons. The van der Waals surface area contributed by atoms with E-state index in [1.54, 1.807) is 6.08 Å². The van der Waals surface area contributed by atoms with E-state index in [4.69, 9.17) is 0 Å². The molecule has 0 saturated heterocycles. The average molecular weight is 632 g/mol. The zero-order chi connectivity index (χ0) is 32.9. The van der Waals surface area contributed by atoms with E-state index in [0.29, 0.717) is 6.42 Å². The minimum Gasteiger partial charge on any atom is -0.394 e. The highest BCUT2D eigenvalue weighted by Crippen LogP contribution is 2.15. The van der Waals surface area contributed by atoms with E-state index in [1.165, 1.54) is 135 Å². The number of hydrogen-bond acceptors (Lipinski definition) is 3. The summed E-state index contributed by atoms with van der Waals surface area (Å²) >= 11 is 0. The summed E-state index contributed by atoms with van der Waals surface area (Å²) in [5, 5.41) is 22.8. The molecule has 0 aliphatic rings. The summed E-state index contributed by atoms with van der Waals surface area (Å²) in [6.45, 7) is 4.17. The molecule has 0 rings (SSSR count). The molecule has 0 fully saturated rings. The molecular formula is C41H77NO3. The molecule has 4 heteroatoms. The summed E-state index contributed by atoms with van der Waals surface area (Å²) in [4.78, 5) is 12.3. The van der Waals surface area contributed by atoms with E-state index in [-0.39, 0.29) is 12.5 Å². The van der Waals surface area contributed by atoms with Gasteiger partial charge in [-0.05, 0) is 38.5 Å². The fraction of sp³-hybridized carbons (Fsp3) is 0.829. The Labute approximate surface area is 281 Å². The van der Waals surface area contributed by atoms with Crippen molar-refractivity contribution < 1.29 is 15.0 Å². The summed E-state index contributed by atoms with van der Waals surface area (Å²) in [7, 11) is 0. The second-order valence-corrected chi connectivity index (χ2v) is 13.3. The van der Waals surface area contributed by atoms with Crippen LogP contribution < -0.4 is 5.32 Å². The molecule has 0 aromatic carbocycles. The Morgan fingerprint density at radius 3 is 1.27 bits per heavy atom. The van der Waals surface area contributed by atoms with Gasteiger partial charge in [0.05, 0.1) is 18.8 Å². The third kappa shape index (κ3) is 33.8. The molecule has 3 N–H and O–H groups in total. The molecule has 0 saturated carbocycles. The van der Waals surface area contributed by atoms with Crippen molar-refractivity contribution in [2.24, 2.45) is 0 Å². The van der Waals surface area contributed by atoms with Gasteiger partial charge < -0.3 is 15.5 Å². The Hall–Kier alpha value is -1.39. The summed E-state index contributed by atoms with van der Waals surface area (Å²) in [5.41, 5.74) is 0. The van der Waals surface area contributed by atoms with Crippen LogP contribution in [0.25, 0.3) is 0 Å². The third-order valence-corrected chi connectivity index (χ3v) is 8.87. The number of aliphatic hydroxyl groups excluding tert-OH is 2. The maximum absolute atomic E-state index is 12.3. The lowest BCUT2D eigenvalue weighted by Crippen LogP contribution is -2.45. The molecular weight excluding hydrogens is 554 g/mol. The Morgan fingerprint density at radius 1 is 0.533 bits per heavy atom. The molecule has 0 aliphatic heterocycles. The molecule has 1 amide bonds. The van der Waals surface area contributed by atoms with E-state index in [1.807, 2.05) is 6.08 Å². The van der Waals surface area contributed by atoms with E-state index in [2.05, 4.69) is 43.5 Å². The van der Waals surface area contributed by atoms with Gasteiger partial charge in [0.25, 0.3) is 0 Å². The van der Waals surface area contributed by atoms with Gasteiger partial charge in [-0.3, -0.25) is 4.79 Å². The monoisotopic (exact) mass is 632 g/mol. The molecule has 0 aromatic heterocycles. The molecule has 0 aromatic rings. The lowest BCUT2D eigenvalue weighted by molar-refractivity contribution is -0.123. The van der Waals surface area contributed by atoms with Gasteiger partial charge in [0.2, 0.25) is 5.91 Å². The maximum Gasteiger partial charge on any atom is 0.220 e. The maximum atomic E-state index is 12.3. The van der Waals surface area contributed by atoms with Crippen molar-refractivity contribution in [1.82, 2.24) is 5.32 Å². The molecule has 45 heavy (non-hydrogen) atoms. The van der Waals surface area contributed by atoms with E-state index < -0.39 is 12.1 Å². The Bertz CT molecular complexity index is 686. The van der Waals surface area contributed by atoms with Crippen LogP contribution >= 0.6 is 0 Å². The molecule has 0 bridgehead atoms. The second-order valence-electron chi connectivity index (χ2n) is 13.3. The first-order chi connectivity index (χ1) is 22.2. The number of amides is 1. The quantitative estimate of drug-likeness (QED) is 0.0481. The van der Waals surface area contributed by atoms with Crippen LogP contribution in [0.4, 0.5) is 0 Å². The fourth-order valence-electron chi connectivity index (χ4n) is 5.86. The first-order valence-corrected chi connectivity index (χ1v) is 19.7. The van der Waals surface area contributed by atoms with Crippen LogP contribution in [0.2, 0.25) is 0 Å². The van der Waals surface area contributed by atoms with Crippen molar-refractivity contribution >= 4 is 5.91 Å². The molecule has 0 heterocycles. The molecule has 4 nitrogen and oxygen atoms in total. The number of aliphatic hydroxyl groups is 2. The Morgan fingerprint density at radius 2 is 0.889 bits per heavy atom. The Balaban J connectivity index is 3.51. The zero-order valence-electron chi connectivity index (χ0n) is 30.1. The van der Waals surface area contributed by atoms with Crippen LogP contribution in [-0.4, -0.2) is 34.9 Å². The topological polar surface area (TPSA) is 69.6 Å². The fourth-order valence-corrected chi connectivity index (χ4v) is 5.86. The number of hydrogen-bond donors (Lipinski definition) is 3. The highest BCUT2D eigenvalue weighted by atomic mass is 16.3. The second kappa shape index (κ2) is 37.1. The number of unbranched alkanes of at least 4 members (excludes halogenated alkanes) is 24. The number of carbonyl (C=O) groups excluding carboxylic acids is 1. The van der Waals surface area contributed by atoms with E-state index >= 15 is 0 Å². The standard InChI is InChI=1S/C41H77NO3/c1-3-5-7-9-11-13-15-16-17-18-19-20-21-22-23-24-25-26-27-29-31-33-35-37-41(45)42-39(38-43)40(44)36-34-32-30-28-14-12-10-8-6-4-2/h6,8,14,28,34,36,39-40,43-44H,3-5,7,9-13,15-27,29-33,35,37-38H2,1-2H3,(H,42,45)/b8-6+,28-14+,36-34+. The summed E-state index contributed by atoms with van der Waals surface area (Å²) < 4.78 is 0. The largest absolute Gasteiger partial charge is 0.394 e. The lowest BCUT2D eigenvalue weighted by atomic mass is 10.0. The van der Waals surface area contributed by atoms with Crippen LogP contribution in [0, 0.1) is 0 Å². The third-order valence-electron chi connectivity index (χ3n) is 8.87. The van der Waals surface area contributed by atoms with Gasteiger partial charge in [-0.15, -0.1) is 0 Å². The van der Waals surface area contributed by atoms with Crippen molar-refractivity contribution in [3.8, 4) is 0 Å². The first-order valence-electron chi connectivity index (χ1n) is 19.7. The van der Waals surface area contributed by atoms with Gasteiger partial charge in [0.15, 0.2) is 0 Å². The zero-order valence-corrected chi connectivity index (χ0v) is 30.1. The van der Waals surface area contributed by atoms with Crippen molar-refractivity contribution in [3.63, 3.8) is 0 Å². The molecule has 2 atom stereocenters. The summed E-state index contributed by atoms with van der Waals surface area (Å²) in [6, 6.07) is -0.640. The van der Waals surface area contributed by atoms with Gasteiger partial charge >= 0.3 is 0 Å². The summed E-state index contributed by atoms with van der Waals surface area (Å²) in [5.74, 6) is -0.0787. The van der Waals surface area contributed by atoms with E-state index in [0.717, 1.165) is 44.9 Å². The Kier molecular flexibility index (Phi) is 35.9. The molecule has 0 spiro atoms. The normalized spacial score (nSPS) is 13.4. The van der Waals surface area contributed by atoms with Gasteiger partial charge in [-0.25, -0.2) is 0 Å². The van der Waals surface area contributed by atoms with Gasteiger partial charge in [0, 0.05) is 6.42 Å². The number of allylic oxidation sites excluding steroid dienone is 5. The van der Waals surface area contributed by atoms with Crippen molar-refractivity contribution in [2.45, 2.75) is 212 Å². The van der Waals surface area contributed by atoms with Crippen LogP contribution in [0.1, 0.15) is 200 Å². The van der Waals surface area contributed by atoms with Crippen LogP contribution in [0.3, 0.4) is 0 Å². The van der Waals surface area contributed by atoms with Gasteiger partial charge in [-0.2, -0.15) is 0 Å². The minimum absolute atomic E-state index is 0.0787. The molecule has 0 aliphatic carbocycles.